The predicted molar refractivity (Wildman–Crippen MR) is 86.3 cm³/mol. The minimum atomic E-state index is 0.503. The van der Waals surface area contributed by atoms with Crippen molar-refractivity contribution in [3.63, 3.8) is 0 Å². The summed E-state index contributed by atoms with van der Waals surface area (Å²) in [5, 5.41) is 5.64. The van der Waals surface area contributed by atoms with E-state index in [1.165, 1.54) is 15.0 Å². The largest absolute Gasteiger partial charge is 0.309 e. The van der Waals surface area contributed by atoms with Crippen LogP contribution in [0, 0.1) is 0 Å². The van der Waals surface area contributed by atoms with E-state index in [-0.39, 0.29) is 0 Å². The van der Waals surface area contributed by atoms with E-state index in [1.54, 1.807) is 11.3 Å². The van der Waals surface area contributed by atoms with E-state index in [4.69, 9.17) is 11.6 Å². The summed E-state index contributed by atoms with van der Waals surface area (Å²) in [6.07, 6.45) is 1.15. The number of hydrogen-bond acceptors (Lipinski definition) is 3. The highest BCUT2D eigenvalue weighted by Gasteiger charge is 2.10. The van der Waals surface area contributed by atoms with Gasteiger partial charge in [-0.25, -0.2) is 0 Å². The highest BCUT2D eigenvalue weighted by Crippen LogP contribution is 2.34. The van der Waals surface area contributed by atoms with Crippen LogP contribution in [0.4, 0.5) is 0 Å². The van der Waals surface area contributed by atoms with Crippen molar-refractivity contribution in [1.82, 2.24) is 10.2 Å². The van der Waals surface area contributed by atoms with Gasteiger partial charge in [0.2, 0.25) is 0 Å². The van der Waals surface area contributed by atoms with Gasteiger partial charge in [-0.3, -0.25) is 0 Å². The molecule has 2 rings (SSSR count). The quantitative estimate of drug-likeness (QED) is 0.867. The highest BCUT2D eigenvalue weighted by molar-refractivity contribution is 7.19. The molecule has 2 nitrogen and oxygen atoms in total. The minimum Gasteiger partial charge on any atom is -0.309 e. The lowest BCUT2D eigenvalue weighted by Gasteiger charge is -2.16. The predicted octanol–water partition coefficient (Wildman–Crippen LogP) is 3.98. The first kappa shape index (κ1) is 14.8. The molecule has 0 saturated heterocycles. The monoisotopic (exact) mass is 296 g/mol. The standard InChI is InChI=1S/C15H21ClN2S/c1-11(8-9-18(2)3)17-10-14-15(16)12-6-4-5-7-13(12)19-14/h4-7,11,17H,8-10H2,1-3H3. The van der Waals surface area contributed by atoms with Crippen molar-refractivity contribution in [2.24, 2.45) is 0 Å². The van der Waals surface area contributed by atoms with Gasteiger partial charge in [-0.2, -0.15) is 0 Å². The third kappa shape index (κ3) is 3.93. The van der Waals surface area contributed by atoms with E-state index in [2.05, 4.69) is 49.4 Å². The van der Waals surface area contributed by atoms with Crippen molar-refractivity contribution < 1.29 is 0 Å². The summed E-state index contributed by atoms with van der Waals surface area (Å²) < 4.78 is 1.27. The van der Waals surface area contributed by atoms with E-state index < -0.39 is 0 Å². The zero-order valence-corrected chi connectivity index (χ0v) is 13.3. The molecule has 0 bridgehead atoms. The molecular formula is C15H21ClN2S. The maximum atomic E-state index is 6.43. The van der Waals surface area contributed by atoms with Gasteiger partial charge in [0.1, 0.15) is 0 Å². The van der Waals surface area contributed by atoms with Crippen molar-refractivity contribution in [2.45, 2.75) is 25.9 Å². The molecule has 0 aliphatic carbocycles. The van der Waals surface area contributed by atoms with Gasteiger partial charge >= 0.3 is 0 Å². The third-order valence-electron chi connectivity index (χ3n) is 3.22. The Bertz CT molecular complexity index is 536. The van der Waals surface area contributed by atoms with Crippen LogP contribution in [0.15, 0.2) is 24.3 Å². The van der Waals surface area contributed by atoms with Gasteiger partial charge in [0.25, 0.3) is 0 Å². The second-order valence-corrected chi connectivity index (χ2v) is 6.72. The number of benzene rings is 1. The fourth-order valence-corrected chi connectivity index (χ4v) is 3.45. The summed E-state index contributed by atoms with van der Waals surface area (Å²) in [7, 11) is 4.21. The van der Waals surface area contributed by atoms with Crippen LogP contribution < -0.4 is 5.32 Å². The molecular weight excluding hydrogens is 276 g/mol. The maximum Gasteiger partial charge on any atom is 0.0636 e. The summed E-state index contributed by atoms with van der Waals surface area (Å²) in [6.45, 7) is 4.19. The van der Waals surface area contributed by atoms with Crippen molar-refractivity contribution in [2.75, 3.05) is 20.6 Å². The lowest BCUT2D eigenvalue weighted by Crippen LogP contribution is -2.29. The fourth-order valence-electron chi connectivity index (χ4n) is 2.00. The Balaban J connectivity index is 1.96. The smallest absolute Gasteiger partial charge is 0.0636 e. The number of halogens is 1. The summed E-state index contributed by atoms with van der Waals surface area (Å²) in [6, 6.07) is 8.82. The third-order valence-corrected chi connectivity index (χ3v) is 4.94. The van der Waals surface area contributed by atoms with Crippen molar-refractivity contribution in [1.29, 1.82) is 0 Å². The van der Waals surface area contributed by atoms with E-state index in [9.17, 15) is 0 Å². The molecule has 1 atom stereocenters. The van der Waals surface area contributed by atoms with Gasteiger partial charge in [0.05, 0.1) is 5.02 Å². The number of nitrogens with zero attached hydrogens (tertiary/aromatic N) is 1. The Hall–Kier alpha value is -0.610. The second-order valence-electron chi connectivity index (χ2n) is 5.21. The van der Waals surface area contributed by atoms with Crippen molar-refractivity contribution >= 4 is 33.0 Å². The molecule has 0 saturated carbocycles. The average Bonchev–Trinajstić information content (AvgIpc) is 2.71. The Labute approximate surface area is 124 Å². The van der Waals surface area contributed by atoms with Gasteiger partial charge in [-0.15, -0.1) is 11.3 Å². The van der Waals surface area contributed by atoms with Gasteiger partial charge < -0.3 is 10.2 Å². The van der Waals surface area contributed by atoms with Gasteiger partial charge in [0, 0.05) is 27.5 Å². The number of nitrogens with one attached hydrogen (secondary N) is 1. The molecule has 2 aromatic rings. The minimum absolute atomic E-state index is 0.503. The SMILES string of the molecule is CC(CCN(C)C)NCc1sc2ccccc2c1Cl. The summed E-state index contributed by atoms with van der Waals surface area (Å²) in [4.78, 5) is 3.45. The molecule has 104 valence electrons. The van der Waals surface area contributed by atoms with Gasteiger partial charge in [-0.05, 0) is 40.1 Å². The Morgan fingerprint density at radius 2 is 2.05 bits per heavy atom. The zero-order valence-electron chi connectivity index (χ0n) is 11.7. The van der Waals surface area contributed by atoms with Crippen LogP contribution in [0.3, 0.4) is 0 Å². The molecule has 0 aliphatic rings. The second kappa shape index (κ2) is 6.71. The van der Waals surface area contributed by atoms with Crippen LogP contribution in [0.25, 0.3) is 10.1 Å². The fraction of sp³-hybridized carbons (Fsp3) is 0.467. The molecule has 1 N–H and O–H groups in total. The van der Waals surface area contributed by atoms with E-state index in [0.717, 1.165) is 24.5 Å². The molecule has 0 amide bonds. The van der Waals surface area contributed by atoms with Gasteiger partial charge in [0.15, 0.2) is 0 Å². The molecule has 19 heavy (non-hydrogen) atoms. The highest BCUT2D eigenvalue weighted by atomic mass is 35.5. The number of thiophene rings is 1. The topological polar surface area (TPSA) is 15.3 Å². The Morgan fingerprint density at radius 3 is 2.74 bits per heavy atom. The zero-order chi connectivity index (χ0) is 13.8. The number of hydrogen-bond donors (Lipinski definition) is 1. The van der Waals surface area contributed by atoms with Gasteiger partial charge in [-0.1, -0.05) is 29.8 Å². The van der Waals surface area contributed by atoms with Crippen molar-refractivity contribution in [3.05, 3.63) is 34.2 Å². The van der Waals surface area contributed by atoms with Crippen LogP contribution in [0.5, 0.6) is 0 Å². The van der Waals surface area contributed by atoms with Crippen LogP contribution in [-0.2, 0) is 6.54 Å². The first-order valence-corrected chi connectivity index (χ1v) is 7.81. The first-order chi connectivity index (χ1) is 9.08. The first-order valence-electron chi connectivity index (χ1n) is 6.62. The lowest BCUT2D eigenvalue weighted by molar-refractivity contribution is 0.366. The van der Waals surface area contributed by atoms with Crippen molar-refractivity contribution in [3.8, 4) is 0 Å². The molecule has 1 unspecified atom stereocenters. The Morgan fingerprint density at radius 1 is 1.32 bits per heavy atom. The molecule has 0 fully saturated rings. The summed E-state index contributed by atoms with van der Waals surface area (Å²) in [5.41, 5.74) is 0. The van der Waals surface area contributed by atoms with E-state index in [0.29, 0.717) is 6.04 Å². The lowest BCUT2D eigenvalue weighted by atomic mass is 10.2. The average molecular weight is 297 g/mol. The van der Waals surface area contributed by atoms with E-state index >= 15 is 0 Å². The molecule has 4 heteroatoms. The molecule has 0 spiro atoms. The molecule has 1 heterocycles. The summed E-state index contributed by atoms with van der Waals surface area (Å²) >= 11 is 8.22. The maximum absolute atomic E-state index is 6.43. The Kier molecular flexibility index (Phi) is 5.22. The van der Waals surface area contributed by atoms with Crippen LogP contribution in [0.1, 0.15) is 18.2 Å². The number of rotatable bonds is 6. The van der Waals surface area contributed by atoms with Crippen LogP contribution in [0.2, 0.25) is 5.02 Å². The van der Waals surface area contributed by atoms with Crippen LogP contribution >= 0.6 is 22.9 Å². The molecule has 1 aromatic heterocycles. The molecule has 1 aromatic carbocycles. The number of fused-ring (bicyclic) bond motifs is 1. The summed E-state index contributed by atoms with van der Waals surface area (Å²) in [5.74, 6) is 0. The van der Waals surface area contributed by atoms with E-state index in [1.807, 2.05) is 6.07 Å². The van der Waals surface area contributed by atoms with Crippen LogP contribution in [-0.4, -0.2) is 31.6 Å². The molecule has 0 radical (unpaired) electrons. The normalized spacial score (nSPS) is 13.3. The molecule has 0 aliphatic heterocycles.